The predicted octanol–water partition coefficient (Wildman–Crippen LogP) is 7.90. The Morgan fingerprint density at radius 1 is 0.742 bits per heavy atom. The van der Waals surface area contributed by atoms with Gasteiger partial charge in [0.1, 0.15) is 30.8 Å². The second kappa shape index (κ2) is 14.3. The van der Waals surface area contributed by atoms with Crippen LogP contribution in [0.25, 0.3) is 0 Å². The molecule has 172 valence electrons. The molecule has 0 heterocycles. The second-order valence-corrected chi connectivity index (χ2v) is 12.0. The van der Waals surface area contributed by atoms with Crippen molar-refractivity contribution in [2.24, 2.45) is 0 Å². The van der Waals surface area contributed by atoms with Gasteiger partial charge in [-0.1, -0.05) is 31.9 Å². The first-order valence-corrected chi connectivity index (χ1v) is 14.4. The van der Waals surface area contributed by atoms with Crippen molar-refractivity contribution in [1.29, 1.82) is 0 Å². The molecule has 0 aromatic heterocycles. The van der Waals surface area contributed by atoms with E-state index in [0.29, 0.717) is 25.2 Å². The Morgan fingerprint density at radius 3 is 1.58 bits per heavy atom. The average Bonchev–Trinajstić information content (AvgIpc) is 2.70. The number of methoxy groups -OCH3 is 2. The lowest BCUT2D eigenvalue weighted by Gasteiger charge is -2.17. The molecular formula is C21H22Br6O4. The number of ether oxygens (including phenoxy) is 4. The minimum absolute atomic E-state index is 0.0109. The van der Waals surface area contributed by atoms with Gasteiger partial charge in [-0.25, -0.2) is 0 Å². The zero-order valence-electron chi connectivity index (χ0n) is 16.9. The van der Waals surface area contributed by atoms with Crippen molar-refractivity contribution in [3.8, 4) is 11.5 Å². The van der Waals surface area contributed by atoms with Crippen LogP contribution in [0, 0.1) is 0 Å². The molecule has 0 aliphatic heterocycles. The molecule has 0 aliphatic carbocycles. The lowest BCUT2D eigenvalue weighted by molar-refractivity contribution is 0.0753. The molecule has 0 aliphatic rings. The van der Waals surface area contributed by atoms with Crippen LogP contribution in [0.1, 0.15) is 11.1 Å². The monoisotopic (exact) mass is 812 g/mol. The summed E-state index contributed by atoms with van der Waals surface area (Å²) in [5.74, 6) is 1.54. The van der Waals surface area contributed by atoms with E-state index in [-0.39, 0.29) is 10.9 Å². The highest BCUT2D eigenvalue weighted by Crippen LogP contribution is 2.38. The van der Waals surface area contributed by atoms with Gasteiger partial charge in [-0.3, -0.25) is 0 Å². The lowest BCUT2D eigenvalue weighted by atomic mass is 10.0. The normalized spacial score (nSPS) is 13.2. The zero-order chi connectivity index (χ0) is 23.0. The van der Waals surface area contributed by atoms with Crippen LogP contribution < -0.4 is 9.47 Å². The molecule has 0 amide bonds. The van der Waals surface area contributed by atoms with E-state index >= 15 is 0 Å². The van der Waals surface area contributed by atoms with Crippen molar-refractivity contribution in [3.63, 3.8) is 0 Å². The number of alkyl halides is 2. The van der Waals surface area contributed by atoms with Crippen LogP contribution in [-0.2, 0) is 15.9 Å². The molecule has 0 saturated heterocycles. The summed E-state index contributed by atoms with van der Waals surface area (Å²) in [6.45, 7) is 1.54. The number of benzene rings is 2. The Labute approximate surface area is 233 Å². The van der Waals surface area contributed by atoms with Crippen molar-refractivity contribution in [3.05, 3.63) is 53.3 Å². The van der Waals surface area contributed by atoms with Crippen LogP contribution in [0.5, 0.6) is 11.5 Å². The van der Waals surface area contributed by atoms with Gasteiger partial charge >= 0.3 is 0 Å². The van der Waals surface area contributed by atoms with E-state index in [2.05, 4.69) is 120 Å². The summed E-state index contributed by atoms with van der Waals surface area (Å²) in [5, 5.41) is 0.711. The van der Waals surface area contributed by atoms with Crippen molar-refractivity contribution >= 4 is 95.6 Å². The van der Waals surface area contributed by atoms with Crippen molar-refractivity contribution in [1.82, 2.24) is 0 Å². The smallest absolute Gasteiger partial charge is 0.147 e. The molecule has 2 unspecified atom stereocenters. The SMILES string of the molecule is COCC(Br)COc1c(Br)cc(Cc2cc(Br)c(OCC(CBr)OC)c(Br)c2)cc1Br. The molecule has 2 rings (SSSR count). The third-order valence-electron chi connectivity index (χ3n) is 4.20. The maximum Gasteiger partial charge on any atom is 0.147 e. The summed E-state index contributed by atoms with van der Waals surface area (Å²) in [4.78, 5) is 0.125. The Morgan fingerprint density at radius 2 is 1.19 bits per heavy atom. The highest BCUT2D eigenvalue weighted by molar-refractivity contribution is 9.11. The van der Waals surface area contributed by atoms with E-state index in [1.807, 2.05) is 0 Å². The standard InChI is InChI=1S/C21H22Br6O4/c1-28-9-14(23)10-30-20-16(24)4-12(5-17(20)25)3-13-6-18(26)21(19(27)7-13)31-11-15(8-22)29-2/h4-7,14-15H,3,8-11H2,1-2H3. The van der Waals surface area contributed by atoms with Crippen LogP contribution in [0.4, 0.5) is 0 Å². The quantitative estimate of drug-likeness (QED) is 0.204. The maximum absolute atomic E-state index is 5.94. The van der Waals surface area contributed by atoms with E-state index < -0.39 is 0 Å². The number of hydrogen-bond acceptors (Lipinski definition) is 4. The fraction of sp³-hybridized carbons (Fsp3) is 0.429. The van der Waals surface area contributed by atoms with E-state index in [9.17, 15) is 0 Å². The molecule has 0 spiro atoms. The largest absolute Gasteiger partial charge is 0.490 e. The van der Waals surface area contributed by atoms with Gasteiger partial charge in [-0.2, -0.15) is 0 Å². The van der Waals surface area contributed by atoms with Crippen LogP contribution >= 0.6 is 95.6 Å². The first-order chi connectivity index (χ1) is 14.8. The molecule has 0 radical (unpaired) electrons. The maximum atomic E-state index is 5.94. The van der Waals surface area contributed by atoms with Crippen molar-refractivity contribution < 1.29 is 18.9 Å². The predicted molar refractivity (Wildman–Crippen MR) is 147 cm³/mol. The van der Waals surface area contributed by atoms with Gasteiger partial charge < -0.3 is 18.9 Å². The fourth-order valence-electron chi connectivity index (χ4n) is 2.69. The van der Waals surface area contributed by atoms with Gasteiger partial charge in [-0.15, -0.1) is 0 Å². The van der Waals surface area contributed by atoms with Crippen LogP contribution in [0.15, 0.2) is 42.2 Å². The van der Waals surface area contributed by atoms with E-state index in [1.165, 1.54) is 0 Å². The summed E-state index contributed by atoms with van der Waals surface area (Å²) in [6.07, 6.45) is 0.741. The van der Waals surface area contributed by atoms with E-state index in [0.717, 1.165) is 46.9 Å². The van der Waals surface area contributed by atoms with Gasteiger partial charge in [0.15, 0.2) is 0 Å². The molecule has 0 saturated carbocycles. The number of rotatable bonds is 12. The van der Waals surface area contributed by atoms with Gasteiger partial charge in [0, 0.05) is 19.5 Å². The summed E-state index contributed by atoms with van der Waals surface area (Å²) in [5.41, 5.74) is 2.28. The first-order valence-electron chi connectivity index (χ1n) is 9.22. The van der Waals surface area contributed by atoms with Gasteiger partial charge in [0.05, 0.1) is 29.3 Å². The Kier molecular flexibility index (Phi) is 12.9. The molecular weight excluding hydrogens is 796 g/mol. The molecule has 2 aromatic carbocycles. The molecule has 31 heavy (non-hydrogen) atoms. The Balaban J connectivity index is 2.12. The summed E-state index contributed by atoms with van der Waals surface area (Å²) >= 11 is 21.5. The average molecular weight is 818 g/mol. The lowest BCUT2D eigenvalue weighted by Crippen LogP contribution is -2.21. The zero-order valence-corrected chi connectivity index (χ0v) is 26.4. The van der Waals surface area contributed by atoms with Gasteiger partial charge in [0.25, 0.3) is 0 Å². The summed E-state index contributed by atoms with van der Waals surface area (Å²) in [7, 11) is 3.34. The Hall–Kier alpha value is 0.840. The fourth-order valence-corrected chi connectivity index (χ4v) is 6.56. The first kappa shape index (κ1) is 28.1. The minimum Gasteiger partial charge on any atom is -0.490 e. The molecule has 2 aromatic rings. The van der Waals surface area contributed by atoms with E-state index in [1.54, 1.807) is 14.2 Å². The topological polar surface area (TPSA) is 36.9 Å². The van der Waals surface area contributed by atoms with Crippen LogP contribution in [-0.4, -0.2) is 50.3 Å². The Bertz CT molecular complexity index is 814. The van der Waals surface area contributed by atoms with Crippen molar-refractivity contribution in [2.75, 3.05) is 39.4 Å². The van der Waals surface area contributed by atoms with Crippen LogP contribution in [0.2, 0.25) is 0 Å². The number of halogens is 6. The third kappa shape index (κ3) is 8.85. The third-order valence-corrected chi connectivity index (χ3v) is 7.81. The molecule has 10 heteroatoms. The highest BCUT2D eigenvalue weighted by Gasteiger charge is 2.15. The highest BCUT2D eigenvalue weighted by atomic mass is 79.9. The van der Waals surface area contributed by atoms with Crippen molar-refractivity contribution in [2.45, 2.75) is 17.4 Å². The molecule has 2 atom stereocenters. The second-order valence-electron chi connectivity index (χ2n) is 6.64. The van der Waals surface area contributed by atoms with Gasteiger partial charge in [0.2, 0.25) is 0 Å². The summed E-state index contributed by atoms with van der Waals surface area (Å²) in [6, 6.07) is 8.29. The van der Waals surface area contributed by atoms with Crippen LogP contribution in [0.3, 0.4) is 0 Å². The minimum atomic E-state index is -0.0109. The molecule has 0 bridgehead atoms. The molecule has 0 fully saturated rings. The van der Waals surface area contributed by atoms with Gasteiger partial charge in [-0.05, 0) is 106 Å². The molecule has 0 N–H and O–H groups in total. The van der Waals surface area contributed by atoms with E-state index in [4.69, 9.17) is 18.9 Å². The number of hydrogen-bond donors (Lipinski definition) is 0. The molecule has 4 nitrogen and oxygen atoms in total. The summed E-state index contributed by atoms with van der Waals surface area (Å²) < 4.78 is 25.9.